The topological polar surface area (TPSA) is 85.2 Å². The lowest BCUT2D eigenvalue weighted by Crippen LogP contribution is -2.05. The van der Waals surface area contributed by atoms with Gasteiger partial charge in [0.15, 0.2) is 0 Å². The smallest absolute Gasteiger partial charge is 0.416 e. The number of hydrogen-bond donors (Lipinski definition) is 1. The number of H-pyrrole nitrogens is 1. The molecular formula is C20H15F3N2O4. The lowest BCUT2D eigenvalue weighted by atomic mass is 9.97. The number of nitro groups is 1. The molecule has 1 aromatic heterocycles. The van der Waals surface area contributed by atoms with E-state index in [0.717, 1.165) is 12.1 Å². The van der Waals surface area contributed by atoms with Crippen molar-refractivity contribution in [3.63, 3.8) is 0 Å². The van der Waals surface area contributed by atoms with E-state index in [1.807, 2.05) is 0 Å². The van der Waals surface area contributed by atoms with E-state index in [2.05, 4.69) is 4.98 Å². The molecule has 0 spiro atoms. The number of aromatic amines is 1. The van der Waals surface area contributed by atoms with Crippen molar-refractivity contribution in [1.82, 2.24) is 4.98 Å². The van der Waals surface area contributed by atoms with Crippen molar-refractivity contribution in [2.75, 3.05) is 6.61 Å². The molecule has 0 saturated heterocycles. The number of non-ortho nitro benzene ring substituents is 1. The number of nitro benzene ring substituents is 1. The standard InChI is InChI=1S/C20H15F3N2O4/c1-2-29-19(26)16-11-24-18(13-3-7-14(8-4-13)20(21,22)23)17(16)12-5-9-15(10-6-12)25(27)28/h3-11,24H,2H2,1H3. The Morgan fingerprint density at radius 1 is 1.07 bits per heavy atom. The first-order valence-electron chi connectivity index (χ1n) is 8.53. The number of nitrogens with one attached hydrogen (secondary N) is 1. The van der Waals surface area contributed by atoms with Gasteiger partial charge in [-0.2, -0.15) is 13.2 Å². The van der Waals surface area contributed by atoms with Crippen LogP contribution in [0.4, 0.5) is 18.9 Å². The Hall–Kier alpha value is -3.62. The molecule has 1 N–H and O–H groups in total. The maximum absolute atomic E-state index is 12.8. The number of nitrogens with zero attached hydrogens (tertiary/aromatic N) is 1. The monoisotopic (exact) mass is 404 g/mol. The molecule has 1 heterocycles. The Morgan fingerprint density at radius 2 is 1.66 bits per heavy atom. The van der Waals surface area contributed by atoms with E-state index in [9.17, 15) is 28.1 Å². The highest BCUT2D eigenvalue weighted by Crippen LogP contribution is 2.37. The van der Waals surface area contributed by atoms with Gasteiger partial charge < -0.3 is 9.72 Å². The Balaban J connectivity index is 2.12. The number of benzene rings is 2. The number of ether oxygens (including phenoxy) is 1. The molecule has 0 aliphatic carbocycles. The summed E-state index contributed by atoms with van der Waals surface area (Å²) < 4.78 is 43.6. The van der Waals surface area contributed by atoms with Gasteiger partial charge >= 0.3 is 12.1 Å². The minimum atomic E-state index is -4.47. The highest BCUT2D eigenvalue weighted by molar-refractivity contribution is 6.02. The zero-order chi connectivity index (χ0) is 21.2. The van der Waals surface area contributed by atoms with E-state index in [-0.39, 0.29) is 17.9 Å². The van der Waals surface area contributed by atoms with Crippen molar-refractivity contribution in [3.05, 3.63) is 76.0 Å². The van der Waals surface area contributed by atoms with Crippen LogP contribution in [0.5, 0.6) is 0 Å². The molecule has 6 nitrogen and oxygen atoms in total. The van der Waals surface area contributed by atoms with Gasteiger partial charge in [-0.1, -0.05) is 12.1 Å². The van der Waals surface area contributed by atoms with Gasteiger partial charge in [0.05, 0.1) is 28.4 Å². The van der Waals surface area contributed by atoms with Crippen LogP contribution in [0.15, 0.2) is 54.7 Å². The number of hydrogen-bond acceptors (Lipinski definition) is 4. The molecule has 0 radical (unpaired) electrons. The van der Waals surface area contributed by atoms with Crippen LogP contribution in [0, 0.1) is 10.1 Å². The van der Waals surface area contributed by atoms with Crippen molar-refractivity contribution < 1.29 is 27.6 Å². The Morgan fingerprint density at radius 3 is 2.17 bits per heavy atom. The summed E-state index contributed by atoms with van der Waals surface area (Å²) in [6.45, 7) is 1.78. The lowest BCUT2D eigenvalue weighted by molar-refractivity contribution is -0.384. The van der Waals surface area contributed by atoms with Crippen molar-refractivity contribution in [3.8, 4) is 22.4 Å². The average Bonchev–Trinajstić information content (AvgIpc) is 3.13. The molecule has 0 fully saturated rings. The fraction of sp³-hybridized carbons (Fsp3) is 0.150. The summed E-state index contributed by atoms with van der Waals surface area (Å²) in [5.41, 5.74) is 0.939. The normalized spacial score (nSPS) is 11.3. The second kappa shape index (κ2) is 7.78. The molecule has 0 unspecified atom stereocenters. The highest BCUT2D eigenvalue weighted by atomic mass is 19.4. The Labute approximate surface area is 163 Å². The maximum atomic E-state index is 12.8. The second-order valence-corrected chi connectivity index (χ2v) is 6.05. The third kappa shape index (κ3) is 4.13. The van der Waals surface area contributed by atoms with Gasteiger partial charge in [0.2, 0.25) is 0 Å². The molecule has 0 bridgehead atoms. The van der Waals surface area contributed by atoms with Crippen LogP contribution in [0.25, 0.3) is 22.4 Å². The van der Waals surface area contributed by atoms with E-state index in [0.29, 0.717) is 22.4 Å². The summed E-state index contributed by atoms with van der Waals surface area (Å²) in [7, 11) is 0. The van der Waals surface area contributed by atoms with Gasteiger partial charge in [0.25, 0.3) is 5.69 Å². The number of aromatic nitrogens is 1. The van der Waals surface area contributed by atoms with Gasteiger partial charge in [-0.05, 0) is 42.3 Å². The molecule has 0 aliphatic heterocycles. The zero-order valence-corrected chi connectivity index (χ0v) is 15.1. The summed E-state index contributed by atoms with van der Waals surface area (Å²) in [5.74, 6) is -0.615. The first-order chi connectivity index (χ1) is 13.7. The highest BCUT2D eigenvalue weighted by Gasteiger charge is 2.30. The first kappa shape index (κ1) is 20.1. The van der Waals surface area contributed by atoms with Gasteiger partial charge in [-0.15, -0.1) is 0 Å². The fourth-order valence-corrected chi connectivity index (χ4v) is 2.90. The molecule has 2 aromatic carbocycles. The van der Waals surface area contributed by atoms with Crippen LogP contribution in [-0.4, -0.2) is 22.5 Å². The van der Waals surface area contributed by atoms with Crippen molar-refractivity contribution in [1.29, 1.82) is 0 Å². The summed E-state index contributed by atoms with van der Waals surface area (Å²) in [6, 6.07) is 9.98. The molecule has 150 valence electrons. The lowest BCUT2D eigenvalue weighted by Gasteiger charge is -2.10. The molecule has 0 atom stereocenters. The molecule has 3 rings (SSSR count). The van der Waals surface area contributed by atoms with Crippen molar-refractivity contribution >= 4 is 11.7 Å². The molecular weight excluding hydrogens is 389 g/mol. The molecule has 3 aromatic rings. The predicted molar refractivity (Wildman–Crippen MR) is 99.3 cm³/mol. The number of halogens is 3. The quantitative estimate of drug-likeness (QED) is 0.348. The van der Waals surface area contributed by atoms with Crippen LogP contribution in [0.1, 0.15) is 22.8 Å². The van der Waals surface area contributed by atoms with Crippen LogP contribution in [0.3, 0.4) is 0 Å². The van der Waals surface area contributed by atoms with Crippen molar-refractivity contribution in [2.45, 2.75) is 13.1 Å². The van der Waals surface area contributed by atoms with Gasteiger partial charge in [0.1, 0.15) is 0 Å². The second-order valence-electron chi connectivity index (χ2n) is 6.05. The maximum Gasteiger partial charge on any atom is 0.416 e. The van der Waals surface area contributed by atoms with E-state index in [1.54, 1.807) is 6.92 Å². The summed E-state index contributed by atoms with van der Waals surface area (Å²) in [6.07, 6.45) is -3.06. The SMILES string of the molecule is CCOC(=O)c1c[nH]c(-c2ccc(C(F)(F)F)cc2)c1-c1ccc([N+](=O)[O-])cc1. The van der Waals surface area contributed by atoms with E-state index in [4.69, 9.17) is 4.74 Å². The average molecular weight is 404 g/mol. The fourth-order valence-electron chi connectivity index (χ4n) is 2.90. The number of carbonyl (C=O) groups excluding carboxylic acids is 1. The molecule has 9 heteroatoms. The third-order valence-electron chi connectivity index (χ3n) is 4.24. The van der Waals surface area contributed by atoms with Crippen molar-refractivity contribution in [2.24, 2.45) is 0 Å². The molecule has 0 saturated carbocycles. The summed E-state index contributed by atoms with van der Waals surface area (Å²) >= 11 is 0. The van der Waals surface area contributed by atoms with Gasteiger partial charge in [0, 0.05) is 23.9 Å². The Kier molecular flexibility index (Phi) is 5.40. The third-order valence-corrected chi connectivity index (χ3v) is 4.24. The van der Waals surface area contributed by atoms with Gasteiger partial charge in [-0.25, -0.2) is 4.79 Å². The number of rotatable bonds is 5. The Bertz CT molecular complexity index is 1040. The van der Waals surface area contributed by atoms with Gasteiger partial charge in [-0.3, -0.25) is 10.1 Å². The zero-order valence-electron chi connectivity index (χ0n) is 15.1. The largest absolute Gasteiger partial charge is 0.462 e. The van der Waals surface area contributed by atoms with E-state index in [1.165, 1.54) is 42.6 Å². The number of alkyl halides is 3. The van der Waals surface area contributed by atoms with Crippen LogP contribution in [0.2, 0.25) is 0 Å². The molecule has 29 heavy (non-hydrogen) atoms. The number of carbonyl (C=O) groups is 1. The minimum absolute atomic E-state index is 0.127. The van der Waals surface area contributed by atoms with E-state index >= 15 is 0 Å². The number of esters is 1. The van der Waals surface area contributed by atoms with Crippen LogP contribution < -0.4 is 0 Å². The van der Waals surface area contributed by atoms with E-state index < -0.39 is 22.6 Å². The van der Waals surface area contributed by atoms with Crippen LogP contribution >= 0.6 is 0 Å². The predicted octanol–water partition coefficient (Wildman–Crippen LogP) is 5.45. The summed E-state index contributed by atoms with van der Waals surface area (Å²) in [5, 5.41) is 10.9. The minimum Gasteiger partial charge on any atom is -0.462 e. The summed E-state index contributed by atoms with van der Waals surface area (Å²) in [4.78, 5) is 25.6. The van der Waals surface area contributed by atoms with Crippen LogP contribution in [-0.2, 0) is 10.9 Å². The molecule has 0 amide bonds. The first-order valence-corrected chi connectivity index (χ1v) is 8.53. The molecule has 0 aliphatic rings.